The van der Waals surface area contributed by atoms with Crippen LogP contribution >= 0.6 is 11.3 Å². The van der Waals surface area contributed by atoms with Gasteiger partial charge < -0.3 is 4.90 Å². The molecule has 6 heteroatoms. The Morgan fingerprint density at radius 2 is 1.84 bits per heavy atom. The van der Waals surface area contributed by atoms with Crippen LogP contribution in [0.4, 0.5) is 0 Å². The van der Waals surface area contributed by atoms with E-state index in [-0.39, 0.29) is 43.2 Å². The molecule has 0 unspecified atom stereocenters. The summed E-state index contributed by atoms with van der Waals surface area (Å²) in [6.45, 7) is 2.41. The summed E-state index contributed by atoms with van der Waals surface area (Å²) >= 11 is 1.44. The van der Waals surface area contributed by atoms with Crippen molar-refractivity contribution in [2.75, 3.05) is 7.05 Å². The predicted molar refractivity (Wildman–Crippen MR) is 97.6 cm³/mol. The van der Waals surface area contributed by atoms with Crippen LogP contribution in [0.1, 0.15) is 45.8 Å². The van der Waals surface area contributed by atoms with Gasteiger partial charge in [0.1, 0.15) is 5.78 Å². The topological polar surface area (TPSA) is 67.3 Å². The van der Waals surface area contributed by atoms with E-state index in [1.165, 1.54) is 11.3 Å². The molecule has 0 saturated heterocycles. The lowest BCUT2D eigenvalue weighted by Gasteiger charge is -2.16. The Bertz CT molecular complexity index is 740. The van der Waals surface area contributed by atoms with E-state index in [1.807, 2.05) is 25.1 Å². The lowest BCUT2D eigenvalue weighted by molar-refractivity contribution is -0.132. The van der Waals surface area contributed by atoms with Gasteiger partial charge in [-0.25, -0.2) is 0 Å². The monoisotopic (exact) mass is 358 g/mol. The lowest BCUT2D eigenvalue weighted by atomic mass is 10.1. The van der Waals surface area contributed by atoms with Gasteiger partial charge in [-0.1, -0.05) is 6.07 Å². The molecule has 2 heterocycles. The Morgan fingerprint density at radius 3 is 2.48 bits per heavy atom. The van der Waals surface area contributed by atoms with Crippen LogP contribution in [-0.2, 0) is 16.1 Å². The summed E-state index contributed by atoms with van der Waals surface area (Å²) in [6.07, 6.45) is 4.14. The van der Waals surface area contributed by atoms with Crippen molar-refractivity contribution in [3.05, 3.63) is 52.0 Å². The maximum Gasteiger partial charge on any atom is 0.223 e. The van der Waals surface area contributed by atoms with Gasteiger partial charge in [0.15, 0.2) is 5.78 Å². The van der Waals surface area contributed by atoms with Gasteiger partial charge in [-0.3, -0.25) is 19.4 Å². The summed E-state index contributed by atoms with van der Waals surface area (Å²) in [5.74, 6) is -0.145. The van der Waals surface area contributed by atoms with Crippen LogP contribution in [0.5, 0.6) is 0 Å². The Hall–Kier alpha value is -2.34. The van der Waals surface area contributed by atoms with Crippen LogP contribution in [0.25, 0.3) is 0 Å². The molecule has 2 aromatic rings. The minimum atomic E-state index is -0.0857. The number of carbonyl (C=O) groups is 3. The van der Waals surface area contributed by atoms with Crippen LogP contribution in [0.2, 0.25) is 0 Å². The van der Waals surface area contributed by atoms with Gasteiger partial charge in [-0.15, -0.1) is 11.3 Å². The van der Waals surface area contributed by atoms with E-state index < -0.39 is 0 Å². The third-order valence-electron chi connectivity index (χ3n) is 3.83. The largest absolute Gasteiger partial charge is 0.341 e. The van der Waals surface area contributed by atoms with E-state index in [4.69, 9.17) is 0 Å². The quantitative estimate of drug-likeness (QED) is 0.644. The first-order chi connectivity index (χ1) is 12.0. The number of amides is 1. The Morgan fingerprint density at radius 1 is 1.08 bits per heavy atom. The number of nitrogens with zero attached hydrogens (tertiary/aromatic N) is 2. The summed E-state index contributed by atoms with van der Waals surface area (Å²) in [5.41, 5.74) is 0.946. The lowest BCUT2D eigenvalue weighted by Crippen LogP contribution is -2.26. The first-order valence-electron chi connectivity index (χ1n) is 8.20. The average Bonchev–Trinajstić information content (AvgIpc) is 3.04. The number of pyridine rings is 1. The fourth-order valence-corrected chi connectivity index (χ4v) is 3.21. The molecule has 0 radical (unpaired) electrons. The SMILES string of the molecule is Cc1ccc(C(=O)CCC(=O)CCC(=O)N(C)Cc2cccnc2)s1. The molecular weight excluding hydrogens is 336 g/mol. The summed E-state index contributed by atoms with van der Waals surface area (Å²) < 4.78 is 0. The van der Waals surface area contributed by atoms with Crippen molar-refractivity contribution in [3.8, 4) is 0 Å². The normalized spacial score (nSPS) is 10.5. The van der Waals surface area contributed by atoms with E-state index in [9.17, 15) is 14.4 Å². The van der Waals surface area contributed by atoms with E-state index >= 15 is 0 Å². The van der Waals surface area contributed by atoms with Gasteiger partial charge >= 0.3 is 0 Å². The Labute approximate surface area is 151 Å². The molecule has 0 atom stereocenters. The predicted octanol–water partition coefficient (Wildman–Crippen LogP) is 3.42. The number of ketones is 2. The highest BCUT2D eigenvalue weighted by Crippen LogP contribution is 2.18. The molecule has 0 aliphatic heterocycles. The third-order valence-corrected chi connectivity index (χ3v) is 4.87. The molecule has 0 spiro atoms. The zero-order valence-corrected chi connectivity index (χ0v) is 15.3. The molecule has 0 aromatic carbocycles. The minimum absolute atomic E-state index is 0.00790. The number of Topliss-reactive ketones (excluding diaryl/α,β-unsaturated/α-hetero) is 2. The first kappa shape index (κ1) is 19.0. The highest BCUT2D eigenvalue weighted by Gasteiger charge is 2.14. The van der Waals surface area contributed by atoms with Crippen molar-refractivity contribution in [1.29, 1.82) is 0 Å². The summed E-state index contributed by atoms with van der Waals surface area (Å²) in [7, 11) is 1.71. The van der Waals surface area contributed by atoms with Crippen LogP contribution < -0.4 is 0 Å². The van der Waals surface area contributed by atoms with Crippen molar-refractivity contribution < 1.29 is 14.4 Å². The molecule has 5 nitrogen and oxygen atoms in total. The second-order valence-corrected chi connectivity index (χ2v) is 7.27. The van der Waals surface area contributed by atoms with Crippen LogP contribution in [-0.4, -0.2) is 34.4 Å². The van der Waals surface area contributed by atoms with Gasteiger partial charge in [0.2, 0.25) is 5.91 Å². The molecule has 0 saturated carbocycles. The highest BCUT2D eigenvalue weighted by molar-refractivity contribution is 7.14. The fraction of sp³-hybridized carbons (Fsp3) is 0.368. The van der Waals surface area contributed by atoms with Gasteiger partial charge in [-0.2, -0.15) is 0 Å². The smallest absolute Gasteiger partial charge is 0.223 e. The zero-order valence-electron chi connectivity index (χ0n) is 14.5. The molecule has 0 aliphatic rings. The van der Waals surface area contributed by atoms with E-state index in [1.54, 1.807) is 30.4 Å². The van der Waals surface area contributed by atoms with Gasteiger partial charge in [-0.05, 0) is 30.7 Å². The van der Waals surface area contributed by atoms with E-state index in [0.717, 1.165) is 10.4 Å². The van der Waals surface area contributed by atoms with Crippen molar-refractivity contribution in [2.24, 2.45) is 0 Å². The molecule has 0 fully saturated rings. The molecule has 2 aromatic heterocycles. The summed E-state index contributed by atoms with van der Waals surface area (Å²) in [6, 6.07) is 7.42. The zero-order chi connectivity index (χ0) is 18.2. The standard InChI is InChI=1S/C19H22N2O3S/c1-14-5-9-18(25-14)17(23)8-6-16(22)7-10-19(24)21(2)13-15-4-3-11-20-12-15/h3-5,9,11-12H,6-8,10,13H2,1-2H3. The Balaban J connectivity index is 1.70. The van der Waals surface area contributed by atoms with Crippen molar-refractivity contribution in [2.45, 2.75) is 39.2 Å². The highest BCUT2D eigenvalue weighted by atomic mass is 32.1. The number of hydrogen-bond donors (Lipinski definition) is 0. The van der Waals surface area contributed by atoms with Crippen LogP contribution in [0, 0.1) is 6.92 Å². The molecule has 0 bridgehead atoms. The minimum Gasteiger partial charge on any atom is -0.341 e. The second-order valence-electron chi connectivity index (χ2n) is 5.98. The number of carbonyl (C=O) groups excluding carboxylic acids is 3. The maximum atomic E-state index is 12.1. The molecule has 0 aliphatic carbocycles. The third kappa shape index (κ3) is 6.23. The van der Waals surface area contributed by atoms with Crippen LogP contribution in [0.15, 0.2) is 36.7 Å². The van der Waals surface area contributed by atoms with Crippen molar-refractivity contribution in [1.82, 2.24) is 9.88 Å². The number of rotatable bonds is 9. The second kappa shape index (κ2) is 9.22. The van der Waals surface area contributed by atoms with Gasteiger partial charge in [0.05, 0.1) is 4.88 Å². The maximum absolute atomic E-state index is 12.1. The molecule has 132 valence electrons. The first-order valence-corrected chi connectivity index (χ1v) is 9.01. The molecule has 0 N–H and O–H groups in total. The Kier molecular flexibility index (Phi) is 7.01. The number of hydrogen-bond acceptors (Lipinski definition) is 5. The molecule has 25 heavy (non-hydrogen) atoms. The van der Waals surface area contributed by atoms with E-state index in [0.29, 0.717) is 11.4 Å². The van der Waals surface area contributed by atoms with Gasteiger partial charge in [0.25, 0.3) is 0 Å². The fourth-order valence-electron chi connectivity index (χ4n) is 2.38. The molecule has 1 amide bonds. The number of aryl methyl sites for hydroxylation is 1. The average molecular weight is 358 g/mol. The molecular formula is C19H22N2O3S. The summed E-state index contributed by atoms with van der Waals surface area (Å²) in [4.78, 5) is 43.4. The van der Waals surface area contributed by atoms with Crippen molar-refractivity contribution >= 4 is 28.8 Å². The van der Waals surface area contributed by atoms with Crippen molar-refractivity contribution in [3.63, 3.8) is 0 Å². The van der Waals surface area contributed by atoms with Gasteiger partial charge in [0, 0.05) is 56.5 Å². The summed E-state index contributed by atoms with van der Waals surface area (Å²) in [5, 5.41) is 0. The molecule has 2 rings (SSSR count). The van der Waals surface area contributed by atoms with Crippen LogP contribution in [0.3, 0.4) is 0 Å². The number of thiophene rings is 1. The van der Waals surface area contributed by atoms with E-state index in [2.05, 4.69) is 4.98 Å². The number of aromatic nitrogens is 1.